The molecule has 2 saturated carbocycles. The number of nitrogens with one attached hydrogen (secondary N) is 4. The molecule has 5 N–H and O–H groups in total. The Bertz CT molecular complexity index is 1330. The van der Waals surface area contributed by atoms with Crippen LogP contribution in [0.1, 0.15) is 119 Å². The van der Waals surface area contributed by atoms with Crippen molar-refractivity contribution >= 4 is 35.4 Å². The van der Waals surface area contributed by atoms with Gasteiger partial charge in [-0.15, -0.1) is 6.58 Å². The van der Waals surface area contributed by atoms with Crippen LogP contribution in [0, 0.1) is 28.6 Å². The molecule has 0 bridgehead atoms. The molecule has 2 aliphatic carbocycles. The van der Waals surface area contributed by atoms with E-state index in [-0.39, 0.29) is 42.7 Å². The zero-order valence-corrected chi connectivity index (χ0v) is 32.3. The second-order valence-corrected chi connectivity index (χ2v) is 17.4. The Hall–Kier alpha value is -3.48. The van der Waals surface area contributed by atoms with Gasteiger partial charge in [-0.25, -0.2) is 4.79 Å². The number of aliphatic hydroxyl groups is 1. The lowest BCUT2D eigenvalue weighted by Gasteiger charge is -2.43. The number of hydrogen-bond donors (Lipinski definition) is 5. The number of rotatable bonds is 15. The standard InChI is InChI=1S/C39H64N6O7/c1-8-20-40-35(50)32(48)27(22-25-15-16-25)41-34(49)31-26(24(2)3)17-21-44(31)36(51)33(39(7)18-10-9-11-19-39)43-37(52)42-28(38(4,5)6)23-45-29(46)13-12-14-30(45)47/h8,24-29,31,33,46H,1,9-23H2,2-7H3,(H,40,50)(H,41,49)(H2,42,43,52)/t26-,27?,28-,29?,31+,33-/m1/s1. The van der Waals surface area contributed by atoms with Gasteiger partial charge in [0.15, 0.2) is 0 Å². The number of piperidine rings is 1. The summed E-state index contributed by atoms with van der Waals surface area (Å²) in [6, 6.07) is -3.91. The maximum Gasteiger partial charge on any atom is 0.315 e. The third-order valence-corrected chi connectivity index (χ3v) is 11.9. The number of urea groups is 1. The lowest BCUT2D eigenvalue weighted by molar-refractivity contribution is -0.147. The van der Waals surface area contributed by atoms with Crippen LogP contribution in [0.2, 0.25) is 0 Å². The molecule has 2 aliphatic heterocycles. The number of ketones is 1. The maximum atomic E-state index is 14.9. The van der Waals surface area contributed by atoms with Crippen LogP contribution < -0.4 is 21.3 Å². The van der Waals surface area contributed by atoms with Crippen molar-refractivity contribution in [2.75, 3.05) is 19.6 Å². The second-order valence-electron chi connectivity index (χ2n) is 17.4. The summed E-state index contributed by atoms with van der Waals surface area (Å²) in [6.07, 6.45) is 9.06. The Morgan fingerprint density at radius 1 is 0.981 bits per heavy atom. The van der Waals surface area contributed by atoms with Gasteiger partial charge >= 0.3 is 6.03 Å². The molecule has 0 radical (unpaired) electrons. The summed E-state index contributed by atoms with van der Waals surface area (Å²) in [6.45, 7) is 16.1. The number of amides is 6. The van der Waals surface area contributed by atoms with Gasteiger partial charge in [0.05, 0.1) is 12.1 Å². The highest BCUT2D eigenvalue weighted by molar-refractivity contribution is 6.38. The number of likely N-dealkylation sites (tertiary alicyclic amines) is 2. The zero-order valence-electron chi connectivity index (χ0n) is 32.3. The fourth-order valence-corrected chi connectivity index (χ4v) is 8.22. The minimum absolute atomic E-state index is 0.0439. The molecule has 0 aromatic heterocycles. The van der Waals surface area contributed by atoms with Gasteiger partial charge < -0.3 is 36.2 Å². The number of hydrogen-bond acceptors (Lipinski definition) is 7. The molecule has 6 amide bonds. The number of nitrogens with zero attached hydrogens (tertiary/aromatic N) is 2. The summed E-state index contributed by atoms with van der Waals surface area (Å²) in [5.41, 5.74) is -1.06. The van der Waals surface area contributed by atoms with Crippen molar-refractivity contribution < 1.29 is 33.9 Å². The van der Waals surface area contributed by atoms with Crippen LogP contribution in [0.25, 0.3) is 0 Å². The maximum absolute atomic E-state index is 14.9. The van der Waals surface area contributed by atoms with Crippen molar-refractivity contribution in [2.45, 2.75) is 149 Å². The summed E-state index contributed by atoms with van der Waals surface area (Å²) in [7, 11) is 0. The molecule has 52 heavy (non-hydrogen) atoms. The fraction of sp³-hybridized carbons (Fsp3) is 0.795. The van der Waals surface area contributed by atoms with Crippen molar-refractivity contribution in [1.82, 2.24) is 31.1 Å². The van der Waals surface area contributed by atoms with E-state index in [0.717, 1.165) is 44.9 Å². The number of carbonyl (C=O) groups excluding carboxylic acids is 6. The van der Waals surface area contributed by atoms with Crippen molar-refractivity contribution in [3.63, 3.8) is 0 Å². The minimum atomic E-state index is -1.01. The van der Waals surface area contributed by atoms with Crippen LogP contribution in [-0.2, 0) is 24.0 Å². The predicted octanol–water partition coefficient (Wildman–Crippen LogP) is 3.40. The van der Waals surface area contributed by atoms with Gasteiger partial charge in [-0.3, -0.25) is 24.0 Å². The van der Waals surface area contributed by atoms with Crippen LogP contribution >= 0.6 is 0 Å². The SMILES string of the molecule is C=CCNC(=O)C(=O)C(CC1CC1)NC(=O)[C@@H]1[C@@H](C(C)C)CCN1C(=O)[C@@H](NC(=O)N[C@H](CN1C(=O)CCCC1O)C(C)(C)C)C1(C)CCCCC1. The van der Waals surface area contributed by atoms with E-state index in [2.05, 4.69) is 27.8 Å². The van der Waals surface area contributed by atoms with Gasteiger partial charge in [-0.05, 0) is 67.1 Å². The Labute approximate surface area is 309 Å². The molecular formula is C39H64N6O7. The Morgan fingerprint density at radius 3 is 2.23 bits per heavy atom. The van der Waals surface area contributed by atoms with Gasteiger partial charge in [0.2, 0.25) is 23.5 Å². The first-order valence-corrected chi connectivity index (χ1v) is 19.5. The van der Waals surface area contributed by atoms with E-state index in [4.69, 9.17) is 0 Å². The molecule has 13 heteroatoms. The topological polar surface area (TPSA) is 177 Å². The highest BCUT2D eigenvalue weighted by Gasteiger charge is 2.50. The van der Waals surface area contributed by atoms with E-state index in [1.165, 1.54) is 11.0 Å². The molecule has 13 nitrogen and oxygen atoms in total. The lowest BCUT2D eigenvalue weighted by Crippen LogP contribution is -2.63. The monoisotopic (exact) mass is 728 g/mol. The molecule has 2 heterocycles. The molecule has 4 fully saturated rings. The van der Waals surface area contributed by atoms with Crippen LogP contribution in [0.15, 0.2) is 12.7 Å². The summed E-state index contributed by atoms with van der Waals surface area (Å²) in [5.74, 6) is -2.36. The molecule has 2 saturated heterocycles. The van der Waals surface area contributed by atoms with Gasteiger partial charge in [0.1, 0.15) is 18.3 Å². The highest BCUT2D eigenvalue weighted by atomic mass is 16.3. The third kappa shape index (κ3) is 10.3. The number of carbonyl (C=O) groups is 6. The molecule has 4 rings (SSSR count). The van der Waals surface area contributed by atoms with Crippen LogP contribution in [0.4, 0.5) is 4.79 Å². The zero-order chi connectivity index (χ0) is 38.4. The first kappa shape index (κ1) is 41.3. The van der Waals surface area contributed by atoms with E-state index in [0.29, 0.717) is 38.6 Å². The Morgan fingerprint density at radius 2 is 1.65 bits per heavy atom. The lowest BCUT2D eigenvalue weighted by atomic mass is 9.70. The fourth-order valence-electron chi connectivity index (χ4n) is 8.22. The molecule has 4 aliphatic rings. The summed E-state index contributed by atoms with van der Waals surface area (Å²) >= 11 is 0. The van der Waals surface area contributed by atoms with Gasteiger partial charge in [0, 0.05) is 26.1 Å². The van der Waals surface area contributed by atoms with Gasteiger partial charge in [-0.2, -0.15) is 0 Å². The number of Topliss-reactive ketones (excluding diaryl/α,β-unsaturated/α-hetero) is 1. The van der Waals surface area contributed by atoms with Crippen molar-refractivity contribution in [2.24, 2.45) is 28.6 Å². The smallest absolute Gasteiger partial charge is 0.315 e. The largest absolute Gasteiger partial charge is 0.374 e. The Balaban J connectivity index is 1.58. The third-order valence-electron chi connectivity index (χ3n) is 11.9. The van der Waals surface area contributed by atoms with E-state index in [1.807, 2.05) is 41.5 Å². The van der Waals surface area contributed by atoms with E-state index in [1.54, 1.807) is 4.90 Å². The van der Waals surface area contributed by atoms with Crippen LogP contribution in [-0.4, -0.2) is 100 Å². The molecule has 2 unspecified atom stereocenters. The average Bonchev–Trinajstić information content (AvgIpc) is 3.78. The summed E-state index contributed by atoms with van der Waals surface area (Å²) < 4.78 is 0. The van der Waals surface area contributed by atoms with Crippen LogP contribution in [0.3, 0.4) is 0 Å². The normalized spacial score (nSPS) is 25.2. The molecular weight excluding hydrogens is 664 g/mol. The quantitative estimate of drug-likeness (QED) is 0.127. The summed E-state index contributed by atoms with van der Waals surface area (Å²) in [5, 5.41) is 22.1. The molecule has 292 valence electrons. The first-order valence-electron chi connectivity index (χ1n) is 19.5. The molecule has 6 atom stereocenters. The molecule has 0 aromatic rings. The predicted molar refractivity (Wildman–Crippen MR) is 197 cm³/mol. The average molecular weight is 729 g/mol. The number of aliphatic hydroxyl groups excluding tert-OH is 1. The van der Waals surface area contributed by atoms with Crippen molar-refractivity contribution in [3.05, 3.63) is 12.7 Å². The van der Waals surface area contributed by atoms with Crippen molar-refractivity contribution in [3.8, 4) is 0 Å². The van der Waals surface area contributed by atoms with Gasteiger partial charge in [-0.1, -0.05) is 79.7 Å². The van der Waals surface area contributed by atoms with E-state index >= 15 is 0 Å². The Kier molecular flexibility index (Phi) is 13.9. The van der Waals surface area contributed by atoms with Crippen molar-refractivity contribution in [1.29, 1.82) is 0 Å². The van der Waals surface area contributed by atoms with E-state index < -0.39 is 64.9 Å². The van der Waals surface area contributed by atoms with Gasteiger partial charge in [0.25, 0.3) is 5.91 Å². The highest BCUT2D eigenvalue weighted by Crippen LogP contribution is 2.41. The second kappa shape index (κ2) is 17.6. The van der Waals surface area contributed by atoms with Crippen LogP contribution in [0.5, 0.6) is 0 Å². The first-order chi connectivity index (χ1) is 24.5. The summed E-state index contributed by atoms with van der Waals surface area (Å²) in [4.78, 5) is 84.8. The van der Waals surface area contributed by atoms with E-state index in [9.17, 15) is 33.9 Å². The molecule has 0 spiro atoms. The minimum Gasteiger partial charge on any atom is -0.374 e. The molecule has 0 aromatic carbocycles.